The highest BCUT2D eigenvalue weighted by atomic mass is 16.5. The lowest BCUT2D eigenvalue weighted by Gasteiger charge is -2.37. The summed E-state index contributed by atoms with van der Waals surface area (Å²) >= 11 is 0. The van der Waals surface area contributed by atoms with Crippen molar-refractivity contribution in [2.75, 3.05) is 31.1 Å². The number of ether oxygens (including phenoxy) is 1. The van der Waals surface area contributed by atoms with E-state index in [1.165, 1.54) is 24.1 Å². The summed E-state index contributed by atoms with van der Waals surface area (Å²) in [6.45, 7) is 3.20. The zero-order valence-electron chi connectivity index (χ0n) is 15.1. The van der Waals surface area contributed by atoms with Gasteiger partial charge in [0.1, 0.15) is 5.75 Å². The Hall–Kier alpha value is -2.04. The molecule has 1 saturated heterocycles. The van der Waals surface area contributed by atoms with E-state index in [9.17, 15) is 5.11 Å². The number of hydrogen-bond acceptors (Lipinski definition) is 4. The van der Waals surface area contributed by atoms with E-state index in [4.69, 9.17) is 4.74 Å². The molecule has 4 rings (SSSR count). The Balaban J connectivity index is 1.28. The second kappa shape index (κ2) is 8.11. The van der Waals surface area contributed by atoms with Crippen LogP contribution < -0.4 is 15.0 Å². The van der Waals surface area contributed by atoms with Crippen molar-refractivity contribution in [3.63, 3.8) is 0 Å². The lowest BCUT2D eigenvalue weighted by atomic mass is 10.0. The molecule has 1 aliphatic heterocycles. The number of benzene rings is 2. The van der Waals surface area contributed by atoms with Crippen molar-refractivity contribution in [1.29, 1.82) is 0 Å². The van der Waals surface area contributed by atoms with Crippen molar-refractivity contribution in [3.8, 4) is 5.75 Å². The fraction of sp³-hybridized carbons (Fsp3) is 0.455. The molecule has 0 unspecified atom stereocenters. The van der Waals surface area contributed by atoms with Gasteiger partial charge in [0.25, 0.3) is 0 Å². The van der Waals surface area contributed by atoms with Crippen molar-refractivity contribution in [2.45, 2.75) is 37.3 Å². The van der Waals surface area contributed by atoms with E-state index < -0.39 is 6.10 Å². The molecule has 2 atom stereocenters. The van der Waals surface area contributed by atoms with Gasteiger partial charge >= 0.3 is 0 Å². The fourth-order valence-corrected chi connectivity index (χ4v) is 3.61. The number of nitrogens with one attached hydrogen (secondary N) is 1. The number of piperazine rings is 1. The van der Waals surface area contributed by atoms with Crippen LogP contribution >= 0.6 is 0 Å². The predicted octanol–water partition coefficient (Wildman–Crippen LogP) is 2.97. The predicted molar refractivity (Wildman–Crippen MR) is 104 cm³/mol. The molecule has 2 fully saturated rings. The van der Waals surface area contributed by atoms with Crippen LogP contribution in [0.3, 0.4) is 0 Å². The van der Waals surface area contributed by atoms with Crippen molar-refractivity contribution >= 4 is 5.69 Å². The lowest BCUT2D eigenvalue weighted by molar-refractivity contribution is 0.0977. The topological polar surface area (TPSA) is 44.7 Å². The van der Waals surface area contributed by atoms with Crippen LogP contribution in [0, 0.1) is 6.07 Å². The number of aliphatic hydroxyl groups is 1. The summed E-state index contributed by atoms with van der Waals surface area (Å²) in [5.41, 5.74) is 2.72. The number of nitrogens with zero attached hydrogens (tertiary/aromatic N) is 1. The van der Waals surface area contributed by atoms with Gasteiger partial charge in [-0.25, -0.2) is 0 Å². The van der Waals surface area contributed by atoms with Gasteiger partial charge < -0.3 is 20.1 Å². The van der Waals surface area contributed by atoms with Crippen molar-refractivity contribution in [3.05, 3.63) is 60.2 Å². The van der Waals surface area contributed by atoms with Crippen LogP contribution in [0.2, 0.25) is 0 Å². The molecule has 2 aromatic rings. The number of anilines is 1. The Labute approximate surface area is 155 Å². The fourth-order valence-electron chi connectivity index (χ4n) is 3.61. The zero-order chi connectivity index (χ0) is 17.8. The maximum absolute atomic E-state index is 10.6. The van der Waals surface area contributed by atoms with Gasteiger partial charge in [-0.3, -0.25) is 0 Å². The smallest absolute Gasteiger partial charge is 0.119 e. The Morgan fingerprint density at radius 2 is 1.92 bits per heavy atom. The van der Waals surface area contributed by atoms with Crippen molar-refractivity contribution < 1.29 is 9.84 Å². The summed E-state index contributed by atoms with van der Waals surface area (Å²) in [5, 5.41) is 14.0. The molecule has 137 valence electrons. The van der Waals surface area contributed by atoms with Gasteiger partial charge in [-0.2, -0.15) is 0 Å². The average Bonchev–Trinajstić information content (AvgIpc) is 3.54. The van der Waals surface area contributed by atoms with E-state index in [1.54, 1.807) is 0 Å². The SMILES string of the molecule is O[C@@H](CCOc1cc[c]cc1)[C@@H]1CN(c2ccc(C3CC3)cc2)CCN1. The van der Waals surface area contributed by atoms with Crippen molar-refractivity contribution in [2.24, 2.45) is 0 Å². The van der Waals surface area contributed by atoms with E-state index in [0.29, 0.717) is 13.0 Å². The molecule has 1 aliphatic carbocycles. The van der Waals surface area contributed by atoms with E-state index >= 15 is 0 Å². The zero-order valence-corrected chi connectivity index (χ0v) is 15.1. The molecule has 1 radical (unpaired) electrons. The lowest BCUT2D eigenvalue weighted by Crippen LogP contribution is -2.56. The molecule has 0 bridgehead atoms. The largest absolute Gasteiger partial charge is 0.493 e. The highest BCUT2D eigenvalue weighted by Gasteiger charge is 2.27. The molecule has 1 saturated carbocycles. The molecular weight excluding hydrogens is 324 g/mol. The van der Waals surface area contributed by atoms with Gasteiger partial charge in [-0.05, 0) is 54.7 Å². The third kappa shape index (κ3) is 4.37. The number of hydrogen-bond donors (Lipinski definition) is 2. The van der Waals surface area contributed by atoms with E-state index in [2.05, 4.69) is 40.5 Å². The minimum atomic E-state index is -0.418. The Morgan fingerprint density at radius 3 is 2.65 bits per heavy atom. The summed E-state index contributed by atoms with van der Waals surface area (Å²) in [6, 6.07) is 19.5. The van der Waals surface area contributed by atoms with Crippen molar-refractivity contribution in [1.82, 2.24) is 5.32 Å². The maximum Gasteiger partial charge on any atom is 0.119 e. The Kier molecular flexibility index (Phi) is 5.42. The third-order valence-corrected chi connectivity index (χ3v) is 5.35. The first-order valence-corrected chi connectivity index (χ1v) is 9.65. The highest BCUT2D eigenvalue weighted by molar-refractivity contribution is 5.49. The minimum absolute atomic E-state index is 0.0690. The van der Waals surface area contributed by atoms with Crippen LogP contribution in [-0.4, -0.2) is 43.5 Å². The Morgan fingerprint density at radius 1 is 1.15 bits per heavy atom. The first-order valence-electron chi connectivity index (χ1n) is 9.65. The van der Waals surface area contributed by atoms with Crippen LogP contribution in [0.1, 0.15) is 30.7 Å². The molecule has 0 spiro atoms. The van der Waals surface area contributed by atoms with Gasteiger partial charge in [0.05, 0.1) is 18.8 Å². The summed E-state index contributed by atoms with van der Waals surface area (Å²) in [4.78, 5) is 2.37. The van der Waals surface area contributed by atoms with E-state index in [-0.39, 0.29) is 6.04 Å². The van der Waals surface area contributed by atoms with E-state index in [1.807, 2.05) is 24.3 Å². The maximum atomic E-state index is 10.6. The van der Waals surface area contributed by atoms with Gasteiger partial charge in [0.2, 0.25) is 0 Å². The van der Waals surface area contributed by atoms with Crippen LogP contribution in [0.25, 0.3) is 0 Å². The van der Waals surface area contributed by atoms with Crippen LogP contribution in [-0.2, 0) is 0 Å². The molecule has 26 heavy (non-hydrogen) atoms. The van der Waals surface area contributed by atoms with Crippen LogP contribution in [0.4, 0.5) is 5.69 Å². The third-order valence-electron chi connectivity index (χ3n) is 5.35. The quantitative estimate of drug-likeness (QED) is 0.805. The molecule has 4 heteroatoms. The molecule has 4 nitrogen and oxygen atoms in total. The van der Waals surface area contributed by atoms with Crippen LogP contribution in [0.5, 0.6) is 5.75 Å². The first kappa shape index (κ1) is 17.4. The van der Waals surface area contributed by atoms with Gasteiger partial charge in [-0.1, -0.05) is 24.3 Å². The summed E-state index contributed by atoms with van der Waals surface area (Å²) in [7, 11) is 0. The standard InChI is InChI=1S/C22H27N2O2/c25-22(12-15-26-20-4-2-1-3-5-20)21-16-24(14-13-23-21)19-10-8-18(9-11-19)17-6-7-17/h2-5,8-11,17,21-23,25H,6-7,12-16H2/t21-,22-/m0/s1. The molecular formula is C22H27N2O2. The minimum Gasteiger partial charge on any atom is -0.493 e. The second-order valence-electron chi connectivity index (χ2n) is 7.31. The molecule has 2 aromatic carbocycles. The van der Waals surface area contributed by atoms with Gasteiger partial charge in [-0.15, -0.1) is 0 Å². The van der Waals surface area contributed by atoms with Gasteiger partial charge in [0.15, 0.2) is 0 Å². The summed E-state index contributed by atoms with van der Waals surface area (Å²) in [5.74, 6) is 1.62. The number of rotatable bonds is 7. The normalized spacial score (nSPS) is 21.4. The molecule has 0 amide bonds. The molecule has 2 aliphatic rings. The van der Waals surface area contributed by atoms with Crippen LogP contribution in [0.15, 0.2) is 48.5 Å². The average molecular weight is 351 g/mol. The molecule has 1 heterocycles. The highest BCUT2D eigenvalue weighted by Crippen LogP contribution is 2.40. The summed E-state index contributed by atoms with van der Waals surface area (Å²) < 4.78 is 5.70. The number of aliphatic hydroxyl groups excluding tert-OH is 1. The second-order valence-corrected chi connectivity index (χ2v) is 7.31. The molecule has 0 aromatic heterocycles. The van der Waals surface area contributed by atoms with Gasteiger partial charge in [0, 0.05) is 31.7 Å². The molecule has 2 N–H and O–H groups in total. The summed E-state index contributed by atoms with van der Waals surface area (Å²) in [6.07, 6.45) is 2.87. The monoisotopic (exact) mass is 351 g/mol. The van der Waals surface area contributed by atoms with E-state index in [0.717, 1.165) is 31.3 Å². The Bertz CT molecular complexity index is 685. The first-order chi connectivity index (χ1) is 12.8.